The summed E-state index contributed by atoms with van der Waals surface area (Å²) in [5.41, 5.74) is 9.67. The Kier molecular flexibility index (Phi) is 14.7. The summed E-state index contributed by atoms with van der Waals surface area (Å²) in [6, 6.07) is 33.9. The molecular formula is C37H34Cl4Zr-2. The van der Waals surface area contributed by atoms with Gasteiger partial charge in [-0.15, -0.1) is 5.56 Å². The molecule has 216 valence electrons. The zero-order valence-electron chi connectivity index (χ0n) is 24.3. The molecule has 1 unspecified atom stereocenters. The summed E-state index contributed by atoms with van der Waals surface area (Å²) < 4.78 is 1.31. The van der Waals surface area contributed by atoms with Gasteiger partial charge in [-0.1, -0.05) is 80.8 Å². The molecule has 4 aromatic carbocycles. The van der Waals surface area contributed by atoms with E-state index in [4.69, 9.17) is 23.2 Å². The predicted octanol–water partition coefficient (Wildman–Crippen LogP) is 4.53. The van der Waals surface area contributed by atoms with Crippen LogP contribution in [0.2, 0.25) is 10.0 Å². The monoisotopic (exact) mass is 708 g/mol. The number of halogens is 4. The number of allylic oxidation sites excluding steroid dienone is 4. The Hall–Kier alpha value is -1.73. The van der Waals surface area contributed by atoms with E-state index in [0.717, 1.165) is 16.5 Å². The third-order valence-corrected chi connectivity index (χ3v) is 8.94. The van der Waals surface area contributed by atoms with Crippen LogP contribution in [0, 0.1) is 23.5 Å². The molecule has 0 fully saturated rings. The molecule has 0 aliphatic heterocycles. The first-order chi connectivity index (χ1) is 19.2. The van der Waals surface area contributed by atoms with Crippen molar-refractivity contribution < 1.29 is 49.0 Å². The first kappa shape index (κ1) is 36.5. The topological polar surface area (TPSA) is 0 Å². The largest absolute Gasteiger partial charge is 1.00 e. The van der Waals surface area contributed by atoms with Crippen molar-refractivity contribution in [1.29, 1.82) is 0 Å². The summed E-state index contributed by atoms with van der Waals surface area (Å²) in [5, 5.41) is 1.53. The van der Waals surface area contributed by atoms with Gasteiger partial charge in [0.05, 0.1) is 0 Å². The molecule has 2 aliphatic carbocycles. The van der Waals surface area contributed by atoms with Crippen molar-refractivity contribution in [1.82, 2.24) is 0 Å². The fraction of sp³-hybridized carbons (Fsp3) is 0.216. The van der Waals surface area contributed by atoms with Crippen LogP contribution in [0.15, 0.2) is 109 Å². The molecule has 0 aromatic heterocycles. The summed E-state index contributed by atoms with van der Waals surface area (Å²) in [6.45, 7) is 8.94. The van der Waals surface area contributed by atoms with Crippen LogP contribution in [-0.2, 0) is 30.7 Å². The summed E-state index contributed by atoms with van der Waals surface area (Å²) in [4.78, 5) is 0. The third kappa shape index (κ3) is 9.90. The van der Waals surface area contributed by atoms with Gasteiger partial charge in [-0.05, 0) is 6.42 Å². The van der Waals surface area contributed by atoms with Crippen molar-refractivity contribution in [2.24, 2.45) is 11.3 Å². The van der Waals surface area contributed by atoms with E-state index in [1.807, 2.05) is 54.6 Å². The fourth-order valence-electron chi connectivity index (χ4n) is 4.61. The van der Waals surface area contributed by atoms with Crippen molar-refractivity contribution in [3.05, 3.63) is 153 Å². The Morgan fingerprint density at radius 1 is 0.810 bits per heavy atom. The second-order valence-corrected chi connectivity index (χ2v) is 13.1. The second-order valence-electron chi connectivity index (χ2n) is 11.0. The van der Waals surface area contributed by atoms with E-state index in [9.17, 15) is 0 Å². The Morgan fingerprint density at radius 3 is 1.86 bits per heavy atom. The molecule has 0 amide bonds. The van der Waals surface area contributed by atoms with Crippen LogP contribution in [0.5, 0.6) is 0 Å². The molecule has 5 heteroatoms. The van der Waals surface area contributed by atoms with E-state index in [-0.39, 0.29) is 24.8 Å². The van der Waals surface area contributed by atoms with E-state index in [2.05, 4.69) is 88.4 Å². The van der Waals surface area contributed by atoms with Crippen LogP contribution in [0.1, 0.15) is 56.4 Å². The molecule has 0 spiro atoms. The first-order valence-corrected chi connectivity index (χ1v) is 15.6. The van der Waals surface area contributed by atoms with Gasteiger partial charge in [0.25, 0.3) is 0 Å². The average molecular weight is 712 g/mol. The maximum Gasteiger partial charge on any atom is -0.0253 e. The normalized spacial score (nSPS) is 14.0. The second kappa shape index (κ2) is 16.9. The minimum absolute atomic E-state index is 0. The molecule has 4 aromatic rings. The molecule has 6 rings (SSSR count). The van der Waals surface area contributed by atoms with E-state index in [0.29, 0.717) is 11.3 Å². The molecule has 0 N–H and O–H groups in total. The number of hydrogen-bond donors (Lipinski definition) is 0. The van der Waals surface area contributed by atoms with E-state index < -0.39 is 0 Å². The minimum atomic E-state index is 0. The van der Waals surface area contributed by atoms with Gasteiger partial charge >= 0.3 is 120 Å². The van der Waals surface area contributed by atoms with E-state index >= 15 is 0 Å². The average Bonchev–Trinajstić information content (AvgIpc) is 3.60. The summed E-state index contributed by atoms with van der Waals surface area (Å²) >= 11 is 13.1. The standard InChI is InChI=1S/C13H8Cl2.C13H9.C11H17.2ClH.Zr/c14-12-5-1-10(2-6-12)9-11-3-7-13(15)8-4-11;1-3-7-12-10(5-1)9-11-6-2-4-8-13(11)12;1-5-9-6-7-10(8-9)11(2,3)4;;;/h1-8H;1-5,7-8H,9H2;7-9H,5H2,1-4H3;2*1H;/q;2*-1;;;+2/p-2. The Balaban J connectivity index is 0.000000219. The third-order valence-electron chi connectivity index (χ3n) is 7.02. The Morgan fingerprint density at radius 2 is 1.36 bits per heavy atom. The van der Waals surface area contributed by atoms with Gasteiger partial charge in [0.2, 0.25) is 0 Å². The molecule has 0 heterocycles. The summed E-state index contributed by atoms with van der Waals surface area (Å²) in [6.07, 6.45) is 10.1. The maximum atomic E-state index is 5.86. The zero-order chi connectivity index (χ0) is 28.7. The van der Waals surface area contributed by atoms with Crippen LogP contribution >= 0.6 is 23.2 Å². The molecule has 0 saturated carbocycles. The predicted molar refractivity (Wildman–Crippen MR) is 169 cm³/mol. The molecule has 2 aliphatic rings. The van der Waals surface area contributed by atoms with Crippen LogP contribution in [-0.4, -0.2) is 3.21 Å². The van der Waals surface area contributed by atoms with Crippen LogP contribution in [0.25, 0.3) is 11.1 Å². The quantitative estimate of drug-likeness (QED) is 0.242. The molecule has 0 radical (unpaired) electrons. The Labute approximate surface area is 289 Å². The molecule has 42 heavy (non-hydrogen) atoms. The van der Waals surface area contributed by atoms with Crippen molar-refractivity contribution in [3.63, 3.8) is 0 Å². The number of rotatable bonds is 3. The van der Waals surface area contributed by atoms with E-state index in [1.165, 1.54) is 72.8 Å². The van der Waals surface area contributed by atoms with Gasteiger partial charge in [-0.25, -0.2) is 6.08 Å². The maximum absolute atomic E-state index is 5.86. The summed E-state index contributed by atoms with van der Waals surface area (Å²) in [7, 11) is 0. The minimum Gasteiger partial charge on any atom is -1.00 e. The van der Waals surface area contributed by atoms with Gasteiger partial charge in [-0.2, -0.15) is 41.5 Å². The van der Waals surface area contributed by atoms with Crippen molar-refractivity contribution in [3.8, 4) is 11.1 Å². The first-order valence-electron chi connectivity index (χ1n) is 13.7. The molecule has 0 nitrogen and oxygen atoms in total. The van der Waals surface area contributed by atoms with Crippen molar-refractivity contribution in [2.45, 2.75) is 40.5 Å². The van der Waals surface area contributed by atoms with E-state index in [1.54, 1.807) is 0 Å². The zero-order valence-corrected chi connectivity index (χ0v) is 29.8. The summed E-state index contributed by atoms with van der Waals surface area (Å²) in [5.74, 6) is 0.573. The van der Waals surface area contributed by atoms with Crippen molar-refractivity contribution >= 4 is 26.4 Å². The van der Waals surface area contributed by atoms with Gasteiger partial charge in [0.1, 0.15) is 0 Å². The Bertz CT molecular complexity index is 1420. The van der Waals surface area contributed by atoms with Gasteiger partial charge in [0.15, 0.2) is 0 Å². The molecule has 0 saturated heterocycles. The number of hydrogen-bond acceptors (Lipinski definition) is 0. The molecular weight excluding hydrogens is 677 g/mol. The molecule has 1 atom stereocenters. The van der Waals surface area contributed by atoms with Crippen molar-refractivity contribution in [2.75, 3.05) is 0 Å². The van der Waals surface area contributed by atoms with Gasteiger partial charge in [-0.3, -0.25) is 6.08 Å². The van der Waals surface area contributed by atoms with Gasteiger partial charge in [0, 0.05) is 0 Å². The smallest absolute Gasteiger partial charge is 0.0253 e. The SMILES string of the molecule is CCC1[C-]=CC(C(C)(C)C)=C1.Clc1ccc([C](=[Zr+2])c2ccc(Cl)cc2)cc1.[Cl-].[Cl-].[c-]1cccc2c1Cc1ccccc1-2. The van der Waals surface area contributed by atoms with Crippen LogP contribution in [0.4, 0.5) is 0 Å². The van der Waals surface area contributed by atoms with Crippen LogP contribution in [0.3, 0.4) is 0 Å². The van der Waals surface area contributed by atoms with Gasteiger partial charge < -0.3 is 24.8 Å². The molecule has 0 bridgehead atoms. The number of fused-ring (bicyclic) bond motifs is 3. The number of benzene rings is 4. The van der Waals surface area contributed by atoms with Crippen LogP contribution < -0.4 is 24.8 Å². The fourth-order valence-corrected chi connectivity index (χ4v) is 5.68.